The van der Waals surface area contributed by atoms with Crippen molar-refractivity contribution in [3.8, 4) is 5.75 Å². The van der Waals surface area contributed by atoms with E-state index in [1.807, 2.05) is 49.4 Å². The number of carbonyl (C=O) groups excluding carboxylic acids is 1. The zero-order valence-electron chi connectivity index (χ0n) is 19.6. The molecule has 1 aromatic heterocycles. The van der Waals surface area contributed by atoms with Gasteiger partial charge in [0.05, 0.1) is 18.8 Å². The van der Waals surface area contributed by atoms with Gasteiger partial charge in [0, 0.05) is 24.2 Å². The zero-order chi connectivity index (χ0) is 23.3. The summed E-state index contributed by atoms with van der Waals surface area (Å²) in [6, 6.07) is 19.2. The third kappa shape index (κ3) is 6.53. The van der Waals surface area contributed by atoms with Crippen molar-refractivity contribution in [2.24, 2.45) is 4.99 Å². The van der Waals surface area contributed by atoms with E-state index < -0.39 is 0 Å². The topological polar surface area (TPSA) is 87.9 Å². The van der Waals surface area contributed by atoms with E-state index in [1.165, 1.54) is 6.26 Å². The van der Waals surface area contributed by atoms with Crippen LogP contribution in [0, 0.1) is 0 Å². The molecule has 8 heteroatoms. The summed E-state index contributed by atoms with van der Waals surface area (Å²) in [5, 5.41) is 9.78. The molecule has 1 atom stereocenters. The minimum atomic E-state index is -0.281. The second kappa shape index (κ2) is 11.4. The quantitative estimate of drug-likeness (QED) is 0.206. The fourth-order valence-electron chi connectivity index (χ4n) is 3.93. The molecule has 0 bridgehead atoms. The molecule has 1 aliphatic rings. The molecule has 2 heterocycles. The van der Waals surface area contributed by atoms with Crippen molar-refractivity contribution < 1.29 is 13.9 Å². The van der Waals surface area contributed by atoms with Gasteiger partial charge in [-0.1, -0.05) is 30.3 Å². The van der Waals surface area contributed by atoms with Crippen molar-refractivity contribution in [1.82, 2.24) is 10.6 Å². The number of nitrogens with one attached hydrogen (secondary N) is 3. The van der Waals surface area contributed by atoms with E-state index in [1.54, 1.807) is 12.1 Å². The summed E-state index contributed by atoms with van der Waals surface area (Å²) in [5.41, 5.74) is 2.54. The van der Waals surface area contributed by atoms with Crippen LogP contribution >= 0.6 is 24.0 Å². The molecule has 0 fully saturated rings. The summed E-state index contributed by atoms with van der Waals surface area (Å²) >= 11 is 0. The maximum atomic E-state index is 12.2. The van der Waals surface area contributed by atoms with Crippen LogP contribution in [0.1, 0.15) is 54.9 Å². The number of amides is 1. The molecule has 0 radical (unpaired) electrons. The van der Waals surface area contributed by atoms with Crippen LogP contribution in [0.25, 0.3) is 0 Å². The number of hydrogen-bond donors (Lipinski definition) is 3. The predicted octanol–water partition coefficient (Wildman–Crippen LogP) is 5.51. The lowest BCUT2D eigenvalue weighted by atomic mass is 9.90. The zero-order valence-corrected chi connectivity index (χ0v) is 22.0. The van der Waals surface area contributed by atoms with Gasteiger partial charge in [0.15, 0.2) is 11.7 Å². The number of benzene rings is 2. The third-order valence-electron chi connectivity index (χ3n) is 5.38. The first-order valence-corrected chi connectivity index (χ1v) is 11.2. The van der Waals surface area contributed by atoms with Gasteiger partial charge in [0.1, 0.15) is 11.4 Å². The van der Waals surface area contributed by atoms with E-state index in [0.29, 0.717) is 12.2 Å². The lowest BCUT2D eigenvalue weighted by Gasteiger charge is -2.38. The van der Waals surface area contributed by atoms with Gasteiger partial charge in [-0.3, -0.25) is 4.79 Å². The minimum Gasteiger partial charge on any atom is -0.487 e. The number of anilines is 1. The Morgan fingerprint density at radius 3 is 2.71 bits per heavy atom. The monoisotopic (exact) mass is 574 g/mol. The first-order chi connectivity index (χ1) is 15.9. The van der Waals surface area contributed by atoms with Crippen molar-refractivity contribution in [3.63, 3.8) is 0 Å². The number of hydrogen-bond acceptors (Lipinski definition) is 4. The number of guanidine groups is 1. The SMILES string of the molecule is CCNC(=NCc1cccc(NC(=O)c2ccco2)c1)NC1CC(C)(C)Oc2ccccc21.I. The molecule has 34 heavy (non-hydrogen) atoms. The predicted molar refractivity (Wildman–Crippen MR) is 145 cm³/mol. The Morgan fingerprint density at radius 1 is 1.12 bits per heavy atom. The average Bonchev–Trinajstić information content (AvgIpc) is 3.32. The number of rotatable bonds is 6. The molecule has 0 spiro atoms. The molecule has 0 saturated carbocycles. The Bertz CT molecular complexity index is 1130. The minimum absolute atomic E-state index is 0. The summed E-state index contributed by atoms with van der Waals surface area (Å²) in [6.45, 7) is 7.46. The van der Waals surface area contributed by atoms with E-state index in [-0.39, 0.29) is 47.3 Å². The van der Waals surface area contributed by atoms with Crippen molar-refractivity contribution in [2.45, 2.75) is 45.4 Å². The van der Waals surface area contributed by atoms with E-state index in [0.717, 1.165) is 35.8 Å². The summed E-state index contributed by atoms with van der Waals surface area (Å²) in [4.78, 5) is 17.0. The largest absolute Gasteiger partial charge is 0.487 e. The highest BCUT2D eigenvalue weighted by Crippen LogP contribution is 2.39. The maximum absolute atomic E-state index is 12.2. The molecule has 1 unspecified atom stereocenters. The van der Waals surface area contributed by atoms with Crippen LogP contribution in [0.3, 0.4) is 0 Å². The van der Waals surface area contributed by atoms with Crippen molar-refractivity contribution in [2.75, 3.05) is 11.9 Å². The lowest BCUT2D eigenvalue weighted by molar-refractivity contribution is 0.0694. The van der Waals surface area contributed by atoms with Crippen LogP contribution in [-0.4, -0.2) is 24.0 Å². The second-order valence-corrected chi connectivity index (χ2v) is 8.63. The first kappa shape index (κ1) is 25.6. The van der Waals surface area contributed by atoms with Crippen molar-refractivity contribution in [3.05, 3.63) is 83.8 Å². The van der Waals surface area contributed by atoms with Gasteiger partial charge in [-0.05, 0) is 56.7 Å². The molecule has 7 nitrogen and oxygen atoms in total. The molecule has 2 aromatic carbocycles. The van der Waals surface area contributed by atoms with Crippen LogP contribution in [0.4, 0.5) is 5.69 Å². The third-order valence-corrected chi connectivity index (χ3v) is 5.38. The number of furan rings is 1. The highest BCUT2D eigenvalue weighted by molar-refractivity contribution is 14.0. The molecule has 3 N–H and O–H groups in total. The van der Waals surface area contributed by atoms with Gasteiger partial charge in [0.25, 0.3) is 5.91 Å². The smallest absolute Gasteiger partial charge is 0.291 e. The molecule has 1 amide bonds. The number of para-hydroxylation sites is 1. The van der Waals surface area contributed by atoms with Crippen LogP contribution < -0.4 is 20.7 Å². The van der Waals surface area contributed by atoms with Gasteiger partial charge >= 0.3 is 0 Å². The maximum Gasteiger partial charge on any atom is 0.291 e. The normalized spacial score (nSPS) is 16.4. The summed E-state index contributed by atoms with van der Waals surface area (Å²) in [5.74, 6) is 1.63. The molecule has 180 valence electrons. The van der Waals surface area contributed by atoms with E-state index >= 15 is 0 Å². The first-order valence-electron chi connectivity index (χ1n) is 11.2. The fourth-order valence-corrected chi connectivity index (χ4v) is 3.93. The van der Waals surface area contributed by atoms with Gasteiger partial charge in [-0.25, -0.2) is 4.99 Å². The molecular formula is C26H31IN4O3. The number of nitrogens with zero attached hydrogens (tertiary/aromatic N) is 1. The van der Waals surface area contributed by atoms with Crippen LogP contribution in [0.5, 0.6) is 5.75 Å². The Morgan fingerprint density at radius 2 is 1.94 bits per heavy atom. The van der Waals surface area contributed by atoms with Crippen molar-refractivity contribution in [1.29, 1.82) is 0 Å². The summed E-state index contributed by atoms with van der Waals surface area (Å²) < 4.78 is 11.3. The lowest BCUT2D eigenvalue weighted by Crippen LogP contribution is -2.45. The Balaban J connectivity index is 0.00000324. The van der Waals surface area contributed by atoms with Gasteiger partial charge < -0.3 is 25.1 Å². The Kier molecular flexibility index (Phi) is 8.60. The van der Waals surface area contributed by atoms with Crippen molar-refractivity contribution >= 4 is 41.5 Å². The highest BCUT2D eigenvalue weighted by atomic mass is 127. The van der Waals surface area contributed by atoms with E-state index in [9.17, 15) is 4.79 Å². The Labute approximate surface area is 217 Å². The van der Waals surface area contributed by atoms with Gasteiger partial charge in [-0.2, -0.15) is 0 Å². The highest BCUT2D eigenvalue weighted by Gasteiger charge is 2.33. The van der Waals surface area contributed by atoms with Crippen LogP contribution in [-0.2, 0) is 6.54 Å². The Hall–Kier alpha value is -3.01. The molecule has 4 rings (SSSR count). The number of ether oxygens (including phenoxy) is 1. The fraction of sp³-hybridized carbons (Fsp3) is 0.308. The van der Waals surface area contributed by atoms with Gasteiger partial charge in [-0.15, -0.1) is 24.0 Å². The molecular weight excluding hydrogens is 543 g/mol. The van der Waals surface area contributed by atoms with Gasteiger partial charge in [0.2, 0.25) is 0 Å². The number of aliphatic imine (C=N–C) groups is 1. The van der Waals surface area contributed by atoms with E-state index in [4.69, 9.17) is 14.1 Å². The summed E-state index contributed by atoms with van der Waals surface area (Å²) in [7, 11) is 0. The molecule has 0 saturated heterocycles. The van der Waals surface area contributed by atoms with E-state index in [2.05, 4.69) is 35.9 Å². The average molecular weight is 574 g/mol. The molecule has 0 aliphatic carbocycles. The number of carbonyl (C=O) groups is 1. The second-order valence-electron chi connectivity index (χ2n) is 8.63. The molecule has 1 aliphatic heterocycles. The standard InChI is InChI=1S/C26H30N4O3.HI/c1-4-27-25(30-21-16-26(2,3)33-22-12-6-5-11-20(21)22)28-17-18-9-7-10-19(15-18)29-24(31)23-13-8-14-32-23;/h5-15,21H,4,16-17H2,1-3H3,(H,29,31)(H2,27,28,30);1H. The van der Waals surface area contributed by atoms with Crippen LogP contribution in [0.15, 0.2) is 76.3 Å². The number of halogens is 1. The number of fused-ring (bicyclic) bond motifs is 1. The molecule has 3 aromatic rings. The summed E-state index contributed by atoms with van der Waals surface area (Å²) in [6.07, 6.45) is 2.30. The van der Waals surface area contributed by atoms with Crippen LogP contribution in [0.2, 0.25) is 0 Å².